The van der Waals surface area contributed by atoms with Gasteiger partial charge >= 0.3 is 0 Å². The van der Waals surface area contributed by atoms with Gasteiger partial charge in [0.15, 0.2) is 6.29 Å². The molecule has 3 nitrogen and oxygen atoms in total. The molecular weight excluding hydrogens is 148 g/mol. The maximum absolute atomic E-state index is 10.3. The summed E-state index contributed by atoms with van der Waals surface area (Å²) in [5, 5.41) is 5.79. The molecule has 2 N–H and O–H groups in total. The third kappa shape index (κ3) is 1.34. The van der Waals surface area contributed by atoms with E-state index in [0.717, 1.165) is 18.2 Å². The van der Waals surface area contributed by atoms with Crippen LogP contribution in [0.1, 0.15) is 10.4 Å². The van der Waals surface area contributed by atoms with Crippen LogP contribution >= 0.6 is 11.9 Å². The Morgan fingerprint density at radius 3 is 3.00 bits per heavy atom. The normalized spacial score (nSPS) is 9.30. The Morgan fingerprint density at radius 1 is 1.70 bits per heavy atom. The van der Waals surface area contributed by atoms with Crippen molar-refractivity contribution in [2.45, 2.75) is 5.03 Å². The number of carbonyl (C=O) groups is 1. The van der Waals surface area contributed by atoms with Gasteiger partial charge in [0.25, 0.3) is 0 Å². The topological polar surface area (TPSA) is 56.0 Å². The Kier molecular flexibility index (Phi) is 2.42. The summed E-state index contributed by atoms with van der Waals surface area (Å²) < 4.78 is 0. The molecule has 1 aromatic rings. The number of hydrogen-bond acceptors (Lipinski definition) is 4. The van der Waals surface area contributed by atoms with E-state index in [-0.39, 0.29) is 0 Å². The second-order valence-electron chi connectivity index (χ2n) is 1.63. The second-order valence-corrected chi connectivity index (χ2v) is 2.26. The molecule has 0 aromatic carbocycles. The third-order valence-electron chi connectivity index (χ3n) is 1.04. The molecule has 4 heteroatoms. The molecule has 0 radical (unpaired) electrons. The van der Waals surface area contributed by atoms with Gasteiger partial charge in [0.1, 0.15) is 5.03 Å². The van der Waals surface area contributed by atoms with E-state index in [1.165, 1.54) is 0 Å². The van der Waals surface area contributed by atoms with Crippen molar-refractivity contribution in [2.24, 2.45) is 5.14 Å². The van der Waals surface area contributed by atoms with Crippen LogP contribution in [0.2, 0.25) is 0 Å². The molecule has 0 atom stereocenters. The third-order valence-corrected chi connectivity index (χ3v) is 1.60. The van der Waals surface area contributed by atoms with Gasteiger partial charge in [-0.25, -0.2) is 4.98 Å². The van der Waals surface area contributed by atoms with Crippen LogP contribution in [0, 0.1) is 0 Å². The SMILES string of the molecule is NSc1ncccc1C=O. The van der Waals surface area contributed by atoms with Crippen LogP contribution in [0.5, 0.6) is 0 Å². The van der Waals surface area contributed by atoms with Crippen molar-refractivity contribution in [1.82, 2.24) is 4.98 Å². The van der Waals surface area contributed by atoms with Crippen molar-refractivity contribution in [3.63, 3.8) is 0 Å². The Balaban J connectivity index is 3.08. The molecule has 0 fully saturated rings. The number of pyridine rings is 1. The Hall–Kier alpha value is -0.870. The number of aldehydes is 1. The van der Waals surface area contributed by atoms with Gasteiger partial charge in [0.2, 0.25) is 0 Å². The lowest BCUT2D eigenvalue weighted by Crippen LogP contribution is -1.90. The molecule has 1 rings (SSSR count). The first-order valence-electron chi connectivity index (χ1n) is 2.65. The fraction of sp³-hybridized carbons (Fsp3) is 0. The number of aromatic nitrogens is 1. The zero-order valence-corrected chi connectivity index (χ0v) is 5.97. The average Bonchev–Trinajstić information content (AvgIpc) is 2.04. The quantitative estimate of drug-likeness (QED) is 0.507. The number of nitrogens with zero attached hydrogens (tertiary/aromatic N) is 1. The first-order valence-corrected chi connectivity index (χ1v) is 3.53. The maximum atomic E-state index is 10.3. The van der Waals surface area contributed by atoms with Gasteiger partial charge in [0.05, 0.1) is 0 Å². The van der Waals surface area contributed by atoms with Gasteiger partial charge in [-0.3, -0.25) is 9.93 Å². The van der Waals surface area contributed by atoms with Crippen molar-refractivity contribution >= 4 is 18.2 Å². The van der Waals surface area contributed by atoms with Gasteiger partial charge in [-0.2, -0.15) is 0 Å². The summed E-state index contributed by atoms with van der Waals surface area (Å²) >= 11 is 0.978. The molecule has 0 spiro atoms. The molecule has 1 aromatic heterocycles. The number of rotatable bonds is 2. The van der Waals surface area contributed by atoms with Gasteiger partial charge in [-0.05, 0) is 24.1 Å². The van der Waals surface area contributed by atoms with Crippen LogP contribution in [0.3, 0.4) is 0 Å². The molecule has 0 aliphatic rings. The summed E-state index contributed by atoms with van der Waals surface area (Å²) in [5.41, 5.74) is 0.537. The van der Waals surface area contributed by atoms with Crippen molar-refractivity contribution in [3.8, 4) is 0 Å². The first kappa shape index (κ1) is 7.24. The van der Waals surface area contributed by atoms with Crippen LogP contribution in [-0.2, 0) is 0 Å². The van der Waals surface area contributed by atoms with Crippen molar-refractivity contribution in [1.29, 1.82) is 0 Å². The van der Waals surface area contributed by atoms with E-state index in [9.17, 15) is 4.79 Å². The van der Waals surface area contributed by atoms with E-state index in [2.05, 4.69) is 4.98 Å². The lowest BCUT2D eigenvalue weighted by atomic mass is 10.3. The fourth-order valence-electron chi connectivity index (χ4n) is 0.591. The minimum Gasteiger partial charge on any atom is -0.298 e. The molecule has 10 heavy (non-hydrogen) atoms. The van der Waals surface area contributed by atoms with Gasteiger partial charge in [0, 0.05) is 11.8 Å². The van der Waals surface area contributed by atoms with E-state index in [1.807, 2.05) is 0 Å². The van der Waals surface area contributed by atoms with E-state index >= 15 is 0 Å². The highest BCUT2D eigenvalue weighted by molar-refractivity contribution is 7.97. The molecule has 1 heterocycles. The minimum atomic E-state index is 0.537. The lowest BCUT2D eigenvalue weighted by Gasteiger charge is -1.95. The number of hydrogen-bond donors (Lipinski definition) is 1. The largest absolute Gasteiger partial charge is 0.298 e. The van der Waals surface area contributed by atoms with E-state index in [0.29, 0.717) is 10.6 Å². The molecule has 0 unspecified atom stereocenters. The van der Waals surface area contributed by atoms with Crippen molar-refractivity contribution in [2.75, 3.05) is 0 Å². The predicted molar refractivity (Wildman–Crippen MR) is 39.7 cm³/mol. The van der Waals surface area contributed by atoms with Gasteiger partial charge in [-0.1, -0.05) is 0 Å². The standard InChI is InChI=1S/C6H6N2OS/c7-10-6-5(4-9)2-1-3-8-6/h1-4H,7H2. The smallest absolute Gasteiger partial charge is 0.152 e. The molecule has 0 aliphatic heterocycles. The van der Waals surface area contributed by atoms with Gasteiger partial charge in [-0.15, -0.1) is 0 Å². The summed E-state index contributed by atoms with van der Waals surface area (Å²) in [6, 6.07) is 3.37. The van der Waals surface area contributed by atoms with Crippen LogP contribution in [0.4, 0.5) is 0 Å². The highest BCUT2D eigenvalue weighted by atomic mass is 32.2. The summed E-state index contributed by atoms with van der Waals surface area (Å²) in [6.07, 6.45) is 2.34. The molecular formula is C6H6N2OS. The molecule has 0 saturated carbocycles. The molecule has 0 aliphatic carbocycles. The molecule has 0 amide bonds. The zero-order chi connectivity index (χ0) is 7.40. The Bertz CT molecular complexity index is 239. The van der Waals surface area contributed by atoms with Crippen molar-refractivity contribution in [3.05, 3.63) is 23.9 Å². The predicted octanol–water partition coefficient (Wildman–Crippen LogP) is 0.860. The average molecular weight is 154 g/mol. The lowest BCUT2D eigenvalue weighted by molar-refractivity contribution is 0.112. The molecule has 0 bridgehead atoms. The Labute approximate surface area is 62.8 Å². The summed E-state index contributed by atoms with van der Waals surface area (Å²) in [7, 11) is 0. The van der Waals surface area contributed by atoms with E-state index < -0.39 is 0 Å². The zero-order valence-electron chi connectivity index (χ0n) is 5.15. The maximum Gasteiger partial charge on any atom is 0.152 e. The summed E-state index contributed by atoms with van der Waals surface area (Å²) in [4.78, 5) is 14.2. The molecule has 52 valence electrons. The first-order chi connectivity index (χ1) is 4.88. The Morgan fingerprint density at radius 2 is 2.50 bits per heavy atom. The number of carbonyl (C=O) groups excluding carboxylic acids is 1. The van der Waals surface area contributed by atoms with Crippen LogP contribution < -0.4 is 5.14 Å². The van der Waals surface area contributed by atoms with Crippen LogP contribution in [0.25, 0.3) is 0 Å². The summed E-state index contributed by atoms with van der Waals surface area (Å²) in [5.74, 6) is 0. The highest BCUT2D eigenvalue weighted by Crippen LogP contribution is 2.11. The van der Waals surface area contributed by atoms with E-state index in [1.54, 1.807) is 18.3 Å². The van der Waals surface area contributed by atoms with Crippen LogP contribution in [0.15, 0.2) is 23.4 Å². The van der Waals surface area contributed by atoms with Crippen molar-refractivity contribution < 1.29 is 4.79 Å². The highest BCUT2D eigenvalue weighted by Gasteiger charge is 1.98. The van der Waals surface area contributed by atoms with E-state index in [4.69, 9.17) is 5.14 Å². The number of nitrogens with two attached hydrogens (primary N) is 1. The molecule has 0 saturated heterocycles. The fourth-order valence-corrected chi connectivity index (χ4v) is 0.965. The second kappa shape index (κ2) is 3.34. The summed E-state index contributed by atoms with van der Waals surface area (Å²) in [6.45, 7) is 0. The minimum absolute atomic E-state index is 0.537. The van der Waals surface area contributed by atoms with Gasteiger partial charge < -0.3 is 0 Å². The van der Waals surface area contributed by atoms with Crippen LogP contribution in [-0.4, -0.2) is 11.3 Å². The monoisotopic (exact) mass is 154 g/mol.